The SMILES string of the molecule is CC1CC(c2ccc(C#N)c3ncccc23)CN(CC(=O)NC(C)C2CCNCC2)C1. The van der Waals surface area contributed by atoms with Gasteiger partial charge in [-0.2, -0.15) is 5.26 Å². The van der Waals surface area contributed by atoms with Gasteiger partial charge in [0.1, 0.15) is 6.07 Å². The Bertz CT molecular complexity index is 962. The lowest BCUT2D eigenvalue weighted by Gasteiger charge is -2.37. The van der Waals surface area contributed by atoms with E-state index in [-0.39, 0.29) is 11.9 Å². The van der Waals surface area contributed by atoms with Gasteiger partial charge in [0.25, 0.3) is 0 Å². The molecular formula is C25H33N5O. The molecule has 31 heavy (non-hydrogen) atoms. The number of pyridine rings is 1. The molecule has 0 spiro atoms. The molecule has 2 aliphatic rings. The second-order valence-electron chi connectivity index (χ2n) is 9.39. The van der Waals surface area contributed by atoms with Crippen LogP contribution in [0.4, 0.5) is 0 Å². The Kier molecular flexibility index (Phi) is 6.84. The smallest absolute Gasteiger partial charge is 0.234 e. The Morgan fingerprint density at radius 1 is 1.32 bits per heavy atom. The molecule has 1 aromatic heterocycles. The highest BCUT2D eigenvalue weighted by molar-refractivity contribution is 5.87. The summed E-state index contributed by atoms with van der Waals surface area (Å²) in [7, 11) is 0. The monoisotopic (exact) mass is 419 g/mol. The normalized spacial score (nSPS) is 23.9. The molecule has 6 heteroatoms. The molecule has 3 atom stereocenters. The number of carbonyl (C=O) groups is 1. The second kappa shape index (κ2) is 9.76. The van der Waals surface area contributed by atoms with E-state index >= 15 is 0 Å². The van der Waals surface area contributed by atoms with Crippen molar-refractivity contribution in [1.29, 1.82) is 5.26 Å². The molecule has 0 aliphatic carbocycles. The number of nitriles is 1. The number of benzene rings is 1. The van der Waals surface area contributed by atoms with E-state index in [4.69, 9.17) is 0 Å². The van der Waals surface area contributed by atoms with Gasteiger partial charge in [-0.15, -0.1) is 0 Å². The van der Waals surface area contributed by atoms with Gasteiger partial charge in [-0.1, -0.05) is 19.1 Å². The number of amides is 1. The first kappa shape index (κ1) is 21.7. The predicted molar refractivity (Wildman–Crippen MR) is 123 cm³/mol. The first-order chi connectivity index (χ1) is 15.0. The van der Waals surface area contributed by atoms with E-state index < -0.39 is 0 Å². The Hall–Kier alpha value is -2.49. The topological polar surface area (TPSA) is 81.0 Å². The second-order valence-corrected chi connectivity index (χ2v) is 9.39. The van der Waals surface area contributed by atoms with E-state index in [0.717, 1.165) is 56.3 Å². The zero-order valence-corrected chi connectivity index (χ0v) is 18.6. The Morgan fingerprint density at radius 3 is 2.90 bits per heavy atom. The summed E-state index contributed by atoms with van der Waals surface area (Å²) in [6.07, 6.45) is 5.09. The summed E-state index contributed by atoms with van der Waals surface area (Å²) in [5.41, 5.74) is 2.63. The quantitative estimate of drug-likeness (QED) is 0.779. The van der Waals surface area contributed by atoms with Crippen LogP contribution in [0.1, 0.15) is 50.2 Å². The van der Waals surface area contributed by atoms with E-state index in [1.54, 1.807) is 6.20 Å². The van der Waals surface area contributed by atoms with Crippen molar-refractivity contribution in [2.75, 3.05) is 32.7 Å². The standard InChI is InChI=1S/C25H33N5O/c1-17-12-21(22-6-5-20(13-26)25-23(22)4-3-9-28-25)15-30(14-17)16-24(31)29-18(2)19-7-10-27-11-8-19/h3-6,9,17-19,21,27H,7-8,10-12,14-16H2,1-2H3,(H,29,31). The van der Waals surface area contributed by atoms with Crippen LogP contribution in [0.25, 0.3) is 10.9 Å². The minimum absolute atomic E-state index is 0.130. The van der Waals surface area contributed by atoms with Gasteiger partial charge in [0.2, 0.25) is 5.91 Å². The molecule has 3 heterocycles. The average molecular weight is 420 g/mol. The molecule has 2 aromatic rings. The van der Waals surface area contributed by atoms with Gasteiger partial charge in [-0.25, -0.2) is 0 Å². The Morgan fingerprint density at radius 2 is 2.13 bits per heavy atom. The van der Waals surface area contributed by atoms with E-state index in [1.165, 1.54) is 5.56 Å². The number of carbonyl (C=O) groups excluding carboxylic acids is 1. The number of aromatic nitrogens is 1. The summed E-state index contributed by atoms with van der Waals surface area (Å²) >= 11 is 0. The Labute approximate surface area is 185 Å². The maximum Gasteiger partial charge on any atom is 0.234 e. The van der Waals surface area contributed by atoms with Crippen LogP contribution in [-0.4, -0.2) is 54.6 Å². The lowest BCUT2D eigenvalue weighted by atomic mass is 9.83. The molecular weight excluding hydrogens is 386 g/mol. The lowest BCUT2D eigenvalue weighted by molar-refractivity contribution is -0.123. The minimum Gasteiger partial charge on any atom is -0.352 e. The first-order valence-corrected chi connectivity index (χ1v) is 11.5. The maximum absolute atomic E-state index is 12.8. The molecule has 2 N–H and O–H groups in total. The summed E-state index contributed by atoms with van der Waals surface area (Å²) in [6.45, 7) is 8.74. The summed E-state index contributed by atoms with van der Waals surface area (Å²) in [5.74, 6) is 1.54. The predicted octanol–water partition coefficient (Wildman–Crippen LogP) is 3.04. The molecule has 164 valence electrons. The molecule has 2 aliphatic heterocycles. The van der Waals surface area contributed by atoms with Crippen molar-refractivity contribution in [3.05, 3.63) is 41.6 Å². The molecule has 4 rings (SSSR count). The molecule has 0 saturated carbocycles. The third kappa shape index (κ3) is 5.06. The van der Waals surface area contributed by atoms with Crippen molar-refractivity contribution in [1.82, 2.24) is 20.5 Å². The summed E-state index contributed by atoms with van der Waals surface area (Å²) in [6, 6.07) is 10.5. The molecule has 0 bridgehead atoms. The van der Waals surface area contributed by atoms with Gasteiger partial charge >= 0.3 is 0 Å². The highest BCUT2D eigenvalue weighted by atomic mass is 16.2. The fourth-order valence-electron chi connectivity index (χ4n) is 5.42. The van der Waals surface area contributed by atoms with Gasteiger partial charge in [0.05, 0.1) is 17.6 Å². The molecule has 2 saturated heterocycles. The van der Waals surface area contributed by atoms with E-state index in [1.807, 2.05) is 12.1 Å². The van der Waals surface area contributed by atoms with E-state index in [9.17, 15) is 10.1 Å². The van der Waals surface area contributed by atoms with Crippen molar-refractivity contribution in [2.24, 2.45) is 11.8 Å². The van der Waals surface area contributed by atoms with Crippen molar-refractivity contribution in [2.45, 2.75) is 45.1 Å². The van der Waals surface area contributed by atoms with Gasteiger partial charge < -0.3 is 10.6 Å². The zero-order chi connectivity index (χ0) is 21.8. The summed E-state index contributed by atoms with van der Waals surface area (Å²) in [4.78, 5) is 19.6. The average Bonchev–Trinajstić information content (AvgIpc) is 2.78. The highest BCUT2D eigenvalue weighted by Gasteiger charge is 2.29. The fraction of sp³-hybridized carbons (Fsp3) is 0.560. The molecule has 6 nitrogen and oxygen atoms in total. The van der Waals surface area contributed by atoms with E-state index in [2.05, 4.69) is 52.6 Å². The van der Waals surface area contributed by atoms with Gasteiger partial charge in [0.15, 0.2) is 0 Å². The number of likely N-dealkylation sites (tertiary alicyclic amines) is 1. The van der Waals surface area contributed by atoms with Crippen LogP contribution in [0, 0.1) is 23.2 Å². The summed E-state index contributed by atoms with van der Waals surface area (Å²) in [5, 5.41) is 17.1. The van der Waals surface area contributed by atoms with Crippen LogP contribution in [0.5, 0.6) is 0 Å². The largest absolute Gasteiger partial charge is 0.352 e. The van der Waals surface area contributed by atoms with Crippen LogP contribution < -0.4 is 10.6 Å². The maximum atomic E-state index is 12.8. The molecule has 3 unspecified atom stereocenters. The van der Waals surface area contributed by atoms with Crippen molar-refractivity contribution >= 4 is 16.8 Å². The lowest BCUT2D eigenvalue weighted by Crippen LogP contribution is -2.48. The Balaban J connectivity index is 1.45. The molecule has 2 fully saturated rings. The third-order valence-electron chi connectivity index (χ3n) is 6.95. The molecule has 0 radical (unpaired) electrons. The number of hydrogen-bond acceptors (Lipinski definition) is 5. The van der Waals surface area contributed by atoms with Gasteiger partial charge in [0, 0.05) is 30.7 Å². The van der Waals surface area contributed by atoms with Crippen LogP contribution in [-0.2, 0) is 4.79 Å². The third-order valence-corrected chi connectivity index (χ3v) is 6.95. The minimum atomic E-state index is 0.130. The number of rotatable bonds is 5. The van der Waals surface area contributed by atoms with Crippen molar-refractivity contribution in [3.8, 4) is 6.07 Å². The van der Waals surface area contributed by atoms with Gasteiger partial charge in [-0.05, 0) is 74.7 Å². The van der Waals surface area contributed by atoms with Crippen LogP contribution in [0.3, 0.4) is 0 Å². The first-order valence-electron chi connectivity index (χ1n) is 11.5. The van der Waals surface area contributed by atoms with Crippen LogP contribution in [0.2, 0.25) is 0 Å². The number of piperidine rings is 2. The van der Waals surface area contributed by atoms with Crippen LogP contribution in [0.15, 0.2) is 30.5 Å². The zero-order valence-electron chi connectivity index (χ0n) is 18.6. The van der Waals surface area contributed by atoms with Crippen molar-refractivity contribution < 1.29 is 4.79 Å². The fourth-order valence-corrected chi connectivity index (χ4v) is 5.42. The molecule has 1 amide bonds. The summed E-state index contributed by atoms with van der Waals surface area (Å²) < 4.78 is 0. The molecule has 1 aromatic carbocycles. The number of fused-ring (bicyclic) bond motifs is 1. The highest BCUT2D eigenvalue weighted by Crippen LogP contribution is 2.34. The number of nitrogens with one attached hydrogen (secondary N) is 2. The van der Waals surface area contributed by atoms with Gasteiger partial charge in [-0.3, -0.25) is 14.7 Å². The van der Waals surface area contributed by atoms with Crippen molar-refractivity contribution in [3.63, 3.8) is 0 Å². The number of nitrogens with zero attached hydrogens (tertiary/aromatic N) is 3. The van der Waals surface area contributed by atoms with Crippen LogP contribution >= 0.6 is 0 Å². The van der Waals surface area contributed by atoms with E-state index in [0.29, 0.717) is 29.9 Å². The number of hydrogen-bond donors (Lipinski definition) is 2.